The van der Waals surface area contributed by atoms with Crippen LogP contribution < -0.4 is 10.2 Å². The van der Waals surface area contributed by atoms with Gasteiger partial charge >= 0.3 is 7.12 Å². The van der Waals surface area contributed by atoms with E-state index in [1.54, 1.807) is 19.2 Å². The van der Waals surface area contributed by atoms with Crippen LogP contribution in [0.3, 0.4) is 0 Å². The van der Waals surface area contributed by atoms with Gasteiger partial charge in [0.15, 0.2) is 6.79 Å². The lowest BCUT2D eigenvalue weighted by Crippen LogP contribution is -2.57. The Bertz CT molecular complexity index is 1320. The lowest BCUT2D eigenvalue weighted by atomic mass is 9.39. The number of rotatable bonds is 7. The fourth-order valence-corrected chi connectivity index (χ4v) is 9.56. The number of benzene rings is 2. The van der Waals surface area contributed by atoms with E-state index in [0.29, 0.717) is 11.8 Å². The Morgan fingerprint density at radius 2 is 1.51 bits per heavy atom. The molecule has 0 radical (unpaired) electrons. The molecule has 4 bridgehead atoms. The van der Waals surface area contributed by atoms with Crippen LogP contribution in [0.15, 0.2) is 30.3 Å². The van der Waals surface area contributed by atoms with E-state index < -0.39 is 18.3 Å². The van der Waals surface area contributed by atoms with Crippen LogP contribution >= 0.6 is 0 Å². The second-order valence-electron chi connectivity index (χ2n) is 15.9. The highest BCUT2D eigenvalue weighted by atomic mass is 19.1. The molecular weight excluding hydrogens is 514 g/mol. The molecule has 222 valence electrons. The zero-order valence-corrected chi connectivity index (χ0v) is 26.6. The van der Waals surface area contributed by atoms with E-state index in [2.05, 4.69) is 73.6 Å². The first kappa shape index (κ1) is 29.2. The highest BCUT2D eigenvalue weighted by molar-refractivity contribution is 6.64. The molecule has 2 aromatic carbocycles. The molecule has 0 N–H and O–H groups in total. The second kappa shape index (κ2) is 9.56. The van der Waals surface area contributed by atoms with Crippen molar-refractivity contribution in [3.05, 3.63) is 47.3 Å². The Hall–Kier alpha value is -1.89. The van der Waals surface area contributed by atoms with Crippen LogP contribution in [0.2, 0.25) is 0 Å². The average molecular weight is 563 g/mol. The molecule has 2 unspecified atom stereocenters. The molecule has 5 aliphatic rings. The van der Waals surface area contributed by atoms with Gasteiger partial charge in [-0.3, -0.25) is 0 Å². The third-order valence-corrected chi connectivity index (χ3v) is 11.1. The summed E-state index contributed by atoms with van der Waals surface area (Å²) in [6.07, 6.45) is 7.08. The molecule has 0 spiro atoms. The zero-order valence-electron chi connectivity index (χ0n) is 26.6. The molecule has 0 amide bonds. The summed E-state index contributed by atoms with van der Waals surface area (Å²) < 4.78 is 41.0. The number of halogens is 1. The van der Waals surface area contributed by atoms with E-state index >= 15 is 4.39 Å². The maximum absolute atomic E-state index is 15.9. The number of hydrogen-bond acceptors (Lipinski definition) is 4. The van der Waals surface area contributed by atoms with Crippen molar-refractivity contribution >= 4 is 12.6 Å². The van der Waals surface area contributed by atoms with E-state index in [-0.39, 0.29) is 28.9 Å². The van der Waals surface area contributed by atoms with Gasteiger partial charge in [-0.15, -0.1) is 0 Å². The molecule has 0 aromatic heterocycles. The van der Waals surface area contributed by atoms with Crippen molar-refractivity contribution in [2.45, 2.75) is 116 Å². The van der Waals surface area contributed by atoms with Crippen molar-refractivity contribution in [1.29, 1.82) is 0 Å². The molecule has 1 saturated heterocycles. The molecule has 1 heterocycles. The number of methoxy groups -OCH3 is 1. The minimum Gasteiger partial charge on any atom is -0.467 e. The molecular formula is C35H48BFO4. The molecule has 5 fully saturated rings. The van der Waals surface area contributed by atoms with E-state index in [0.717, 1.165) is 47.2 Å². The topological polar surface area (TPSA) is 36.9 Å². The minimum atomic E-state index is -0.576. The summed E-state index contributed by atoms with van der Waals surface area (Å²) in [6.45, 7) is 17.7. The summed E-state index contributed by atoms with van der Waals surface area (Å²) in [6, 6.07) is 9.84. The molecule has 2 atom stereocenters. The van der Waals surface area contributed by atoms with Crippen LogP contribution in [-0.4, -0.2) is 32.2 Å². The van der Waals surface area contributed by atoms with Crippen LogP contribution in [0, 0.1) is 22.6 Å². The highest BCUT2D eigenvalue weighted by Gasteiger charge is 2.61. The summed E-state index contributed by atoms with van der Waals surface area (Å²) in [5.41, 5.74) is 4.24. The molecule has 6 heteroatoms. The maximum atomic E-state index is 15.9. The van der Waals surface area contributed by atoms with E-state index in [1.165, 1.54) is 24.8 Å². The third-order valence-electron chi connectivity index (χ3n) is 11.1. The van der Waals surface area contributed by atoms with Gasteiger partial charge in [-0.25, -0.2) is 4.39 Å². The van der Waals surface area contributed by atoms with Gasteiger partial charge in [0.2, 0.25) is 0 Å². The van der Waals surface area contributed by atoms with Crippen molar-refractivity contribution in [3.8, 4) is 16.9 Å². The smallest absolute Gasteiger partial charge is 0.467 e. The van der Waals surface area contributed by atoms with Crippen LogP contribution in [0.4, 0.5) is 4.39 Å². The van der Waals surface area contributed by atoms with E-state index in [1.807, 2.05) is 0 Å². The summed E-state index contributed by atoms with van der Waals surface area (Å²) in [4.78, 5) is 0. The summed E-state index contributed by atoms with van der Waals surface area (Å²) >= 11 is 0. The first-order valence-electron chi connectivity index (χ1n) is 15.5. The predicted octanol–water partition coefficient (Wildman–Crippen LogP) is 8.15. The van der Waals surface area contributed by atoms with Crippen LogP contribution in [0.25, 0.3) is 11.1 Å². The Morgan fingerprint density at radius 1 is 0.878 bits per heavy atom. The quantitative estimate of drug-likeness (QED) is 0.252. The first-order chi connectivity index (χ1) is 19.1. The van der Waals surface area contributed by atoms with Gasteiger partial charge in [0.05, 0.1) is 11.2 Å². The van der Waals surface area contributed by atoms with Gasteiger partial charge in [0.25, 0.3) is 0 Å². The first-order valence-corrected chi connectivity index (χ1v) is 15.5. The van der Waals surface area contributed by atoms with E-state index in [4.69, 9.17) is 18.8 Å². The lowest BCUT2D eigenvalue weighted by Gasteiger charge is -2.65. The zero-order chi connectivity index (χ0) is 29.6. The maximum Gasteiger partial charge on any atom is 0.495 e. The summed E-state index contributed by atoms with van der Waals surface area (Å²) in [7, 11) is 1.07. The van der Waals surface area contributed by atoms with Gasteiger partial charge < -0.3 is 18.8 Å². The van der Waals surface area contributed by atoms with Crippen molar-refractivity contribution in [2.75, 3.05) is 13.9 Å². The molecule has 41 heavy (non-hydrogen) atoms. The summed E-state index contributed by atoms with van der Waals surface area (Å²) in [5.74, 6) is 1.52. The van der Waals surface area contributed by atoms with E-state index in [9.17, 15) is 0 Å². The molecule has 2 aromatic rings. The standard InChI is InChI=1S/C35H48BFO4/c1-22(2)24-10-11-26(29(12-24)36-40-31(3,4)32(5,6)41-36)27-13-25(37)14-28(30(27)39-21-38-9)35-17-23-15-33(7,19-35)18-34(8,16-23)20-35/h10-14,22-23H,15-21H2,1-9H3. The minimum absolute atomic E-state index is 0.106. The fraction of sp³-hybridized carbons (Fsp3) is 0.657. The molecule has 4 nitrogen and oxygen atoms in total. The van der Waals surface area contributed by atoms with Crippen LogP contribution in [0.1, 0.15) is 111 Å². The van der Waals surface area contributed by atoms with Gasteiger partial charge in [0.1, 0.15) is 11.6 Å². The molecule has 1 aliphatic heterocycles. The Kier molecular flexibility index (Phi) is 6.81. The average Bonchev–Trinajstić information content (AvgIpc) is 3.06. The van der Waals surface area contributed by atoms with Crippen molar-refractivity contribution in [3.63, 3.8) is 0 Å². The number of hydrogen-bond donors (Lipinski definition) is 0. The molecule has 4 saturated carbocycles. The predicted molar refractivity (Wildman–Crippen MR) is 163 cm³/mol. The third kappa shape index (κ3) is 4.86. The Balaban J connectivity index is 1.55. The fourth-order valence-electron chi connectivity index (χ4n) is 9.56. The van der Waals surface area contributed by atoms with Crippen LogP contribution in [-0.2, 0) is 19.5 Å². The van der Waals surface area contributed by atoms with Gasteiger partial charge in [-0.05, 0) is 118 Å². The SMILES string of the molecule is COCOc1c(-c2ccc(C(C)C)cc2B2OC(C)(C)C(C)(C)O2)cc(F)cc1C12CC3CC(C)(CC(C)(C3)C1)C2. The second-order valence-corrected chi connectivity index (χ2v) is 15.9. The van der Waals surface area contributed by atoms with Crippen LogP contribution in [0.5, 0.6) is 5.75 Å². The Labute approximate surface area is 246 Å². The van der Waals surface area contributed by atoms with Gasteiger partial charge in [0, 0.05) is 23.7 Å². The van der Waals surface area contributed by atoms with Crippen molar-refractivity contribution in [2.24, 2.45) is 16.7 Å². The lowest BCUT2D eigenvalue weighted by molar-refractivity contribution is -0.110. The van der Waals surface area contributed by atoms with Crippen molar-refractivity contribution < 1.29 is 23.2 Å². The molecule has 4 aliphatic carbocycles. The van der Waals surface area contributed by atoms with Gasteiger partial charge in [-0.1, -0.05) is 45.9 Å². The number of ether oxygens (including phenoxy) is 2. The highest BCUT2D eigenvalue weighted by Crippen LogP contribution is 2.70. The largest absolute Gasteiger partial charge is 0.495 e. The van der Waals surface area contributed by atoms with Gasteiger partial charge in [-0.2, -0.15) is 0 Å². The monoisotopic (exact) mass is 562 g/mol. The molecule has 7 rings (SSSR count). The van der Waals surface area contributed by atoms with Crippen molar-refractivity contribution in [1.82, 2.24) is 0 Å². The summed E-state index contributed by atoms with van der Waals surface area (Å²) in [5, 5.41) is 0. The Morgan fingerprint density at radius 3 is 2.07 bits per heavy atom. The normalized spacial score (nSPS) is 33.1.